The lowest BCUT2D eigenvalue weighted by Crippen LogP contribution is -2.16. The van der Waals surface area contributed by atoms with Crippen molar-refractivity contribution in [3.8, 4) is 0 Å². The summed E-state index contributed by atoms with van der Waals surface area (Å²) in [6.07, 6.45) is 1.99. The molecule has 5 nitrogen and oxygen atoms in total. The summed E-state index contributed by atoms with van der Waals surface area (Å²) >= 11 is 0. The van der Waals surface area contributed by atoms with Gasteiger partial charge < -0.3 is 5.32 Å². The van der Waals surface area contributed by atoms with Gasteiger partial charge in [-0.25, -0.2) is 4.68 Å². The van der Waals surface area contributed by atoms with Gasteiger partial charge in [-0.2, -0.15) is 5.10 Å². The monoisotopic (exact) mass is 403 g/mol. The molecule has 3 aromatic rings. The highest BCUT2D eigenvalue weighted by Gasteiger charge is 2.18. The van der Waals surface area contributed by atoms with Gasteiger partial charge in [0.15, 0.2) is 0 Å². The molecule has 1 N–H and O–H groups in total. The van der Waals surface area contributed by atoms with E-state index in [2.05, 4.69) is 24.3 Å². The van der Waals surface area contributed by atoms with Crippen LogP contribution in [0.25, 0.3) is 0 Å². The van der Waals surface area contributed by atoms with Crippen LogP contribution in [-0.4, -0.2) is 21.6 Å². The van der Waals surface area contributed by atoms with Crippen molar-refractivity contribution < 1.29 is 9.59 Å². The van der Waals surface area contributed by atoms with Gasteiger partial charge in [0, 0.05) is 22.5 Å². The number of benzene rings is 2. The van der Waals surface area contributed by atoms with Gasteiger partial charge in [0.25, 0.3) is 11.8 Å². The summed E-state index contributed by atoms with van der Waals surface area (Å²) in [5.41, 5.74) is 5.76. The quantitative estimate of drug-likeness (QED) is 0.604. The predicted octanol–water partition coefficient (Wildman–Crippen LogP) is 5.34. The van der Waals surface area contributed by atoms with E-state index in [-0.39, 0.29) is 11.8 Å². The molecule has 3 rings (SSSR count). The molecule has 1 heterocycles. The Hall–Kier alpha value is -3.21. The highest BCUT2D eigenvalue weighted by atomic mass is 16.2. The molecule has 1 amide bonds. The minimum absolute atomic E-state index is 0.164. The lowest BCUT2D eigenvalue weighted by atomic mass is 10.0. The van der Waals surface area contributed by atoms with E-state index in [1.54, 1.807) is 30.3 Å². The third kappa shape index (κ3) is 4.85. The molecule has 0 saturated heterocycles. The molecule has 0 aliphatic carbocycles. The van der Waals surface area contributed by atoms with Gasteiger partial charge in [-0.1, -0.05) is 31.5 Å². The third-order valence-electron chi connectivity index (χ3n) is 5.28. The van der Waals surface area contributed by atoms with Crippen LogP contribution in [-0.2, 0) is 6.42 Å². The number of carbonyl (C=O) groups excluding carboxylic acids is 2. The van der Waals surface area contributed by atoms with Crippen LogP contribution in [0.1, 0.15) is 63.5 Å². The first-order chi connectivity index (χ1) is 14.3. The summed E-state index contributed by atoms with van der Waals surface area (Å²) in [4.78, 5) is 25.4. The first-order valence-corrected chi connectivity index (χ1v) is 10.3. The molecule has 156 valence electrons. The van der Waals surface area contributed by atoms with E-state index in [4.69, 9.17) is 0 Å². The molecular formula is C25H29N3O2. The van der Waals surface area contributed by atoms with Crippen molar-refractivity contribution in [3.05, 3.63) is 82.2 Å². The highest BCUT2D eigenvalue weighted by molar-refractivity contribution is 6.04. The van der Waals surface area contributed by atoms with Crippen LogP contribution in [0.5, 0.6) is 0 Å². The van der Waals surface area contributed by atoms with Crippen LogP contribution in [0.2, 0.25) is 0 Å². The Bertz CT molecular complexity index is 1060. The van der Waals surface area contributed by atoms with Gasteiger partial charge in [0.1, 0.15) is 0 Å². The van der Waals surface area contributed by atoms with Gasteiger partial charge >= 0.3 is 0 Å². The number of hydrogen-bond donors (Lipinski definition) is 1. The normalized spacial score (nSPS) is 11.0. The van der Waals surface area contributed by atoms with Crippen molar-refractivity contribution >= 4 is 17.5 Å². The fraction of sp³-hybridized carbons (Fsp3) is 0.320. The smallest absolute Gasteiger partial charge is 0.278 e. The van der Waals surface area contributed by atoms with Crippen LogP contribution in [0.3, 0.4) is 0 Å². The molecule has 30 heavy (non-hydrogen) atoms. The maximum Gasteiger partial charge on any atom is 0.278 e. The average molecular weight is 404 g/mol. The van der Waals surface area contributed by atoms with Gasteiger partial charge in [-0.3, -0.25) is 9.59 Å². The number of hydrogen-bond acceptors (Lipinski definition) is 3. The molecule has 1 aromatic heterocycles. The third-order valence-corrected chi connectivity index (χ3v) is 5.28. The van der Waals surface area contributed by atoms with Gasteiger partial charge in [-0.15, -0.1) is 0 Å². The van der Waals surface area contributed by atoms with E-state index in [1.165, 1.54) is 4.68 Å². The zero-order chi connectivity index (χ0) is 21.8. The Kier molecular flexibility index (Phi) is 6.50. The molecule has 0 bridgehead atoms. The van der Waals surface area contributed by atoms with Crippen molar-refractivity contribution in [2.45, 2.75) is 47.5 Å². The molecule has 0 radical (unpaired) electrons. The first-order valence-electron chi connectivity index (χ1n) is 10.3. The Morgan fingerprint density at radius 3 is 2.33 bits per heavy atom. The molecule has 0 fully saturated rings. The molecule has 0 aliphatic rings. The van der Waals surface area contributed by atoms with E-state index in [1.807, 2.05) is 39.0 Å². The SMILES string of the molecule is Cc1cccc(C(=O)Nc2ccc(C(=O)n3nc(C)c(CCC(C)C)c3C)cc2)c1. The zero-order valence-corrected chi connectivity index (χ0v) is 18.3. The Labute approximate surface area is 178 Å². The molecule has 0 unspecified atom stereocenters. The van der Waals surface area contributed by atoms with E-state index in [9.17, 15) is 9.59 Å². The second kappa shape index (κ2) is 9.08. The summed E-state index contributed by atoms with van der Waals surface area (Å²) in [6.45, 7) is 10.2. The topological polar surface area (TPSA) is 64.0 Å². The molecule has 0 aliphatic heterocycles. The Morgan fingerprint density at radius 1 is 1.00 bits per heavy atom. The minimum atomic E-state index is -0.175. The fourth-order valence-corrected chi connectivity index (χ4v) is 3.48. The number of nitrogens with one attached hydrogen (secondary N) is 1. The van der Waals surface area contributed by atoms with Crippen LogP contribution in [0, 0.1) is 26.7 Å². The standard InChI is InChI=1S/C25H29N3O2/c1-16(2)9-14-23-18(4)27-28(19(23)5)25(30)20-10-12-22(13-11-20)26-24(29)21-8-6-7-17(3)15-21/h6-8,10-13,15-16H,9,14H2,1-5H3,(H,26,29). The summed E-state index contributed by atoms with van der Waals surface area (Å²) in [5.74, 6) is 0.263. The first kappa shape index (κ1) is 21.5. The molecule has 2 aromatic carbocycles. The maximum atomic E-state index is 13.0. The van der Waals surface area contributed by atoms with Gasteiger partial charge in [-0.05, 0) is 81.5 Å². The number of nitrogens with zero attached hydrogens (tertiary/aromatic N) is 2. The van der Waals surface area contributed by atoms with Gasteiger partial charge in [0.05, 0.1) is 5.69 Å². The Morgan fingerprint density at radius 2 is 1.70 bits per heavy atom. The molecule has 0 spiro atoms. The fourth-order valence-electron chi connectivity index (χ4n) is 3.48. The number of aryl methyl sites for hydroxylation is 2. The van der Waals surface area contributed by atoms with Crippen LogP contribution < -0.4 is 5.32 Å². The second-order valence-corrected chi connectivity index (χ2v) is 8.20. The van der Waals surface area contributed by atoms with Crippen LogP contribution in [0.4, 0.5) is 5.69 Å². The number of aromatic nitrogens is 2. The van der Waals surface area contributed by atoms with E-state index >= 15 is 0 Å². The average Bonchev–Trinajstić information content (AvgIpc) is 3.00. The molecule has 0 atom stereocenters. The zero-order valence-electron chi connectivity index (χ0n) is 18.3. The van der Waals surface area contributed by atoms with Crippen molar-refractivity contribution in [2.24, 2.45) is 5.92 Å². The second-order valence-electron chi connectivity index (χ2n) is 8.20. The maximum absolute atomic E-state index is 13.0. The predicted molar refractivity (Wildman–Crippen MR) is 120 cm³/mol. The largest absolute Gasteiger partial charge is 0.322 e. The van der Waals surface area contributed by atoms with E-state index in [0.717, 1.165) is 35.4 Å². The summed E-state index contributed by atoms with van der Waals surface area (Å²) in [5, 5.41) is 7.35. The van der Waals surface area contributed by atoms with Crippen LogP contribution in [0.15, 0.2) is 48.5 Å². The number of amides is 1. The van der Waals surface area contributed by atoms with Crippen molar-refractivity contribution in [2.75, 3.05) is 5.32 Å². The molecule has 5 heteroatoms. The van der Waals surface area contributed by atoms with Crippen LogP contribution >= 0.6 is 0 Å². The van der Waals surface area contributed by atoms with E-state index < -0.39 is 0 Å². The summed E-state index contributed by atoms with van der Waals surface area (Å²) in [7, 11) is 0. The molecular weight excluding hydrogens is 374 g/mol. The number of carbonyl (C=O) groups is 2. The van der Waals surface area contributed by atoms with Crippen molar-refractivity contribution in [1.82, 2.24) is 9.78 Å². The minimum Gasteiger partial charge on any atom is -0.322 e. The highest BCUT2D eigenvalue weighted by Crippen LogP contribution is 2.19. The van der Waals surface area contributed by atoms with Gasteiger partial charge in [0.2, 0.25) is 0 Å². The lowest BCUT2D eigenvalue weighted by molar-refractivity contribution is 0.0941. The number of rotatable bonds is 6. The Balaban J connectivity index is 1.74. The number of anilines is 1. The summed E-state index contributed by atoms with van der Waals surface area (Å²) < 4.78 is 1.49. The lowest BCUT2D eigenvalue weighted by Gasteiger charge is -2.08. The summed E-state index contributed by atoms with van der Waals surface area (Å²) in [6, 6.07) is 14.3. The van der Waals surface area contributed by atoms with E-state index in [0.29, 0.717) is 22.7 Å². The van der Waals surface area contributed by atoms with Crippen molar-refractivity contribution in [3.63, 3.8) is 0 Å². The molecule has 0 saturated carbocycles. The van der Waals surface area contributed by atoms with Crippen molar-refractivity contribution in [1.29, 1.82) is 0 Å².